The van der Waals surface area contributed by atoms with Crippen molar-refractivity contribution in [3.05, 3.63) is 0 Å². The molecule has 1 fully saturated rings. The third-order valence-corrected chi connectivity index (χ3v) is 3.05. The van der Waals surface area contributed by atoms with Crippen LogP contribution in [0.3, 0.4) is 0 Å². The molecule has 10 heavy (non-hydrogen) atoms. The van der Waals surface area contributed by atoms with E-state index < -0.39 is 0 Å². The van der Waals surface area contributed by atoms with Crippen molar-refractivity contribution in [3.63, 3.8) is 0 Å². The van der Waals surface area contributed by atoms with Crippen LogP contribution in [-0.2, 0) is 0 Å². The summed E-state index contributed by atoms with van der Waals surface area (Å²) in [6.07, 6.45) is 3.82. The predicted molar refractivity (Wildman–Crippen MR) is 42.8 cm³/mol. The molecule has 0 saturated heterocycles. The van der Waals surface area contributed by atoms with Crippen molar-refractivity contribution < 1.29 is 5.11 Å². The van der Waals surface area contributed by atoms with Crippen molar-refractivity contribution in [2.24, 2.45) is 17.8 Å². The predicted octanol–water partition coefficient (Wildman–Crippen LogP) is 2.05. The Hall–Kier alpha value is -0.0400. The van der Waals surface area contributed by atoms with Gasteiger partial charge in [-0.1, -0.05) is 26.7 Å². The molecule has 60 valence electrons. The SMILES string of the molecule is CCC1CC(CO)C1CC. The number of rotatable bonds is 3. The molecule has 1 nitrogen and oxygen atoms in total. The third-order valence-electron chi connectivity index (χ3n) is 3.05. The molecule has 1 aliphatic rings. The van der Waals surface area contributed by atoms with Gasteiger partial charge in [0, 0.05) is 6.61 Å². The molecule has 0 aromatic heterocycles. The molecule has 1 heteroatoms. The monoisotopic (exact) mass is 142 g/mol. The highest BCUT2D eigenvalue weighted by molar-refractivity contribution is 4.86. The summed E-state index contributed by atoms with van der Waals surface area (Å²) in [5.41, 5.74) is 0. The lowest BCUT2D eigenvalue weighted by molar-refractivity contribution is 0.0181. The standard InChI is InChI=1S/C9H18O/c1-3-7-5-8(6-10)9(7)4-2/h7-10H,3-6H2,1-2H3. The van der Waals surface area contributed by atoms with Crippen LogP contribution in [-0.4, -0.2) is 11.7 Å². The fourth-order valence-corrected chi connectivity index (χ4v) is 2.27. The summed E-state index contributed by atoms with van der Waals surface area (Å²) in [4.78, 5) is 0. The van der Waals surface area contributed by atoms with Crippen LogP contribution in [0.4, 0.5) is 0 Å². The van der Waals surface area contributed by atoms with Crippen molar-refractivity contribution in [1.29, 1.82) is 0 Å². The first-order valence-corrected chi connectivity index (χ1v) is 4.44. The van der Waals surface area contributed by atoms with Gasteiger partial charge in [-0.3, -0.25) is 0 Å². The van der Waals surface area contributed by atoms with Gasteiger partial charge in [-0.15, -0.1) is 0 Å². The molecular formula is C9H18O. The quantitative estimate of drug-likeness (QED) is 0.639. The van der Waals surface area contributed by atoms with Gasteiger partial charge < -0.3 is 5.11 Å². The topological polar surface area (TPSA) is 20.2 Å². The molecule has 3 atom stereocenters. The zero-order chi connectivity index (χ0) is 7.56. The largest absolute Gasteiger partial charge is 0.396 e. The van der Waals surface area contributed by atoms with Crippen molar-refractivity contribution in [2.75, 3.05) is 6.61 Å². The Bertz CT molecular complexity index is 90.9. The maximum absolute atomic E-state index is 8.90. The average molecular weight is 142 g/mol. The summed E-state index contributed by atoms with van der Waals surface area (Å²) >= 11 is 0. The molecule has 0 bridgehead atoms. The van der Waals surface area contributed by atoms with E-state index in [4.69, 9.17) is 5.11 Å². The fraction of sp³-hybridized carbons (Fsp3) is 1.00. The van der Waals surface area contributed by atoms with Gasteiger partial charge >= 0.3 is 0 Å². The maximum atomic E-state index is 8.90. The van der Waals surface area contributed by atoms with Crippen LogP contribution in [0.5, 0.6) is 0 Å². The first kappa shape index (κ1) is 8.06. The smallest absolute Gasteiger partial charge is 0.0462 e. The van der Waals surface area contributed by atoms with Gasteiger partial charge in [0.2, 0.25) is 0 Å². The second-order valence-corrected chi connectivity index (χ2v) is 3.42. The summed E-state index contributed by atoms with van der Waals surface area (Å²) < 4.78 is 0. The second kappa shape index (κ2) is 3.38. The Balaban J connectivity index is 2.30. The zero-order valence-corrected chi connectivity index (χ0v) is 7.01. The third kappa shape index (κ3) is 1.20. The fourth-order valence-electron chi connectivity index (χ4n) is 2.27. The molecule has 0 spiro atoms. The van der Waals surface area contributed by atoms with Crippen LogP contribution in [0.1, 0.15) is 33.1 Å². The van der Waals surface area contributed by atoms with Crippen LogP contribution in [0.2, 0.25) is 0 Å². The summed E-state index contributed by atoms with van der Waals surface area (Å²) in [7, 11) is 0. The summed E-state index contributed by atoms with van der Waals surface area (Å²) in [5.74, 6) is 2.38. The summed E-state index contributed by atoms with van der Waals surface area (Å²) in [6.45, 7) is 4.89. The zero-order valence-electron chi connectivity index (χ0n) is 7.01. The minimum atomic E-state index is 0.412. The first-order chi connectivity index (χ1) is 4.83. The molecule has 0 heterocycles. The van der Waals surface area contributed by atoms with Gasteiger partial charge in [-0.25, -0.2) is 0 Å². The molecule has 1 N–H and O–H groups in total. The number of aliphatic hydroxyl groups excluding tert-OH is 1. The van der Waals surface area contributed by atoms with Gasteiger partial charge in [0.25, 0.3) is 0 Å². The Morgan fingerprint density at radius 1 is 1.20 bits per heavy atom. The number of hydrogen-bond acceptors (Lipinski definition) is 1. The van der Waals surface area contributed by atoms with E-state index in [9.17, 15) is 0 Å². The Morgan fingerprint density at radius 2 is 1.90 bits per heavy atom. The number of hydrogen-bond donors (Lipinski definition) is 1. The van der Waals surface area contributed by atoms with E-state index in [1.165, 1.54) is 19.3 Å². The highest BCUT2D eigenvalue weighted by Gasteiger charge is 2.37. The Morgan fingerprint density at radius 3 is 2.30 bits per heavy atom. The molecule has 0 aromatic rings. The molecule has 0 aliphatic heterocycles. The lowest BCUT2D eigenvalue weighted by atomic mass is 9.63. The van der Waals surface area contributed by atoms with Crippen molar-refractivity contribution >= 4 is 0 Å². The van der Waals surface area contributed by atoms with Crippen molar-refractivity contribution in [2.45, 2.75) is 33.1 Å². The van der Waals surface area contributed by atoms with E-state index in [1.807, 2.05) is 0 Å². The molecule has 0 radical (unpaired) electrons. The Labute approximate surface area is 63.4 Å². The Kier molecular flexibility index (Phi) is 2.72. The molecule has 1 saturated carbocycles. The van der Waals surface area contributed by atoms with E-state index >= 15 is 0 Å². The molecule has 1 rings (SSSR count). The van der Waals surface area contributed by atoms with Crippen LogP contribution in [0.15, 0.2) is 0 Å². The lowest BCUT2D eigenvalue weighted by Gasteiger charge is -2.43. The average Bonchev–Trinajstić information content (AvgIpc) is 1.89. The van der Waals surface area contributed by atoms with Gasteiger partial charge in [-0.2, -0.15) is 0 Å². The van der Waals surface area contributed by atoms with Gasteiger partial charge in [0.1, 0.15) is 0 Å². The van der Waals surface area contributed by atoms with Crippen LogP contribution in [0, 0.1) is 17.8 Å². The van der Waals surface area contributed by atoms with E-state index in [0.717, 1.165) is 11.8 Å². The highest BCUT2D eigenvalue weighted by Crippen LogP contribution is 2.43. The van der Waals surface area contributed by atoms with Crippen molar-refractivity contribution in [3.8, 4) is 0 Å². The van der Waals surface area contributed by atoms with Crippen LogP contribution in [0.25, 0.3) is 0 Å². The maximum Gasteiger partial charge on any atom is 0.0462 e. The first-order valence-electron chi connectivity index (χ1n) is 4.44. The van der Waals surface area contributed by atoms with E-state index in [2.05, 4.69) is 13.8 Å². The minimum absolute atomic E-state index is 0.412. The van der Waals surface area contributed by atoms with Crippen LogP contribution >= 0.6 is 0 Å². The normalized spacial score (nSPS) is 39.3. The minimum Gasteiger partial charge on any atom is -0.396 e. The van der Waals surface area contributed by atoms with Gasteiger partial charge in [-0.05, 0) is 24.2 Å². The molecule has 0 amide bonds. The summed E-state index contributed by atoms with van der Waals surface area (Å²) in [5, 5.41) is 8.90. The van der Waals surface area contributed by atoms with E-state index in [0.29, 0.717) is 12.5 Å². The summed E-state index contributed by atoms with van der Waals surface area (Å²) in [6, 6.07) is 0. The lowest BCUT2D eigenvalue weighted by Crippen LogP contribution is -2.37. The van der Waals surface area contributed by atoms with Gasteiger partial charge in [0.15, 0.2) is 0 Å². The number of aliphatic hydroxyl groups is 1. The van der Waals surface area contributed by atoms with E-state index in [1.54, 1.807) is 0 Å². The van der Waals surface area contributed by atoms with Crippen LogP contribution < -0.4 is 0 Å². The van der Waals surface area contributed by atoms with E-state index in [-0.39, 0.29) is 0 Å². The second-order valence-electron chi connectivity index (χ2n) is 3.42. The molecule has 0 aromatic carbocycles. The molecular weight excluding hydrogens is 124 g/mol. The molecule has 1 aliphatic carbocycles. The highest BCUT2D eigenvalue weighted by atomic mass is 16.3. The van der Waals surface area contributed by atoms with Crippen molar-refractivity contribution in [1.82, 2.24) is 0 Å². The molecule has 3 unspecified atom stereocenters. The van der Waals surface area contributed by atoms with Gasteiger partial charge in [0.05, 0.1) is 0 Å².